The average molecular weight is 239 g/mol. The number of carbonyl (C=O) groups excluding carboxylic acids is 3. The van der Waals surface area contributed by atoms with E-state index in [9.17, 15) is 14.4 Å². The van der Waals surface area contributed by atoms with Crippen molar-refractivity contribution in [1.29, 1.82) is 0 Å². The molecule has 6 nitrogen and oxygen atoms in total. The maximum Gasteiger partial charge on any atom is 0.416 e. The normalized spacial score (nSPS) is 20.4. The van der Waals surface area contributed by atoms with Crippen molar-refractivity contribution in [3.8, 4) is 0 Å². The van der Waals surface area contributed by atoms with Crippen molar-refractivity contribution >= 4 is 18.4 Å². The number of amides is 3. The van der Waals surface area contributed by atoms with Gasteiger partial charge in [-0.15, -0.1) is 0 Å². The Kier molecular flexibility index (Phi) is 5.19. The monoisotopic (exact) mass is 239 g/mol. The van der Waals surface area contributed by atoms with Gasteiger partial charge in [-0.3, -0.25) is 9.59 Å². The van der Waals surface area contributed by atoms with Gasteiger partial charge in [0.25, 0.3) is 5.91 Å². The highest BCUT2D eigenvalue weighted by atomic mass is 16.6. The number of ether oxygens (including phenoxy) is 1. The summed E-state index contributed by atoms with van der Waals surface area (Å²) in [6, 6.07) is -0.689. The molecule has 0 bridgehead atoms. The van der Waals surface area contributed by atoms with E-state index >= 15 is 0 Å². The van der Waals surface area contributed by atoms with E-state index in [1.807, 2.05) is 0 Å². The van der Waals surface area contributed by atoms with Crippen molar-refractivity contribution < 1.29 is 19.1 Å². The van der Waals surface area contributed by atoms with Crippen molar-refractivity contribution in [2.75, 3.05) is 13.2 Å². The molecule has 0 unspecified atom stereocenters. The van der Waals surface area contributed by atoms with Gasteiger partial charge in [-0.2, -0.15) is 0 Å². The second-order valence-corrected chi connectivity index (χ2v) is 3.65. The lowest BCUT2D eigenvalue weighted by molar-refractivity contribution is -0.130. The van der Waals surface area contributed by atoms with E-state index in [2.05, 4.69) is 11.9 Å². The summed E-state index contributed by atoms with van der Waals surface area (Å²) < 4.78 is 4.80. The molecule has 0 aromatic carbocycles. The lowest BCUT2D eigenvalue weighted by Gasteiger charge is -2.21. The fourth-order valence-electron chi connectivity index (χ4n) is 1.63. The predicted molar refractivity (Wildman–Crippen MR) is 59.7 cm³/mol. The van der Waals surface area contributed by atoms with Crippen molar-refractivity contribution in [2.24, 2.45) is 0 Å². The van der Waals surface area contributed by atoms with Gasteiger partial charge in [-0.1, -0.05) is 12.7 Å². The van der Waals surface area contributed by atoms with Crippen LogP contribution >= 0.6 is 0 Å². The van der Waals surface area contributed by atoms with Crippen LogP contribution in [0.5, 0.6) is 0 Å². The molecule has 0 aliphatic carbocycles. The van der Waals surface area contributed by atoms with Crippen LogP contribution in [0.4, 0.5) is 4.79 Å². The van der Waals surface area contributed by atoms with Crippen LogP contribution in [-0.4, -0.2) is 42.5 Å². The molecule has 17 heavy (non-hydrogen) atoms. The van der Waals surface area contributed by atoms with Crippen LogP contribution < -0.4 is 5.32 Å². The Labute approximate surface area is 99.6 Å². The van der Waals surface area contributed by atoms with Gasteiger partial charge in [-0.25, -0.2) is 9.69 Å². The van der Waals surface area contributed by atoms with Gasteiger partial charge in [0.2, 0.25) is 0 Å². The van der Waals surface area contributed by atoms with E-state index in [-0.39, 0.29) is 6.61 Å². The molecule has 6 heteroatoms. The molecule has 1 fully saturated rings. The molecule has 1 atom stereocenters. The topological polar surface area (TPSA) is 75.7 Å². The molecule has 1 N–H and O–H groups in total. The molecule has 1 radical (unpaired) electrons. The molecule has 1 aliphatic rings. The van der Waals surface area contributed by atoms with Crippen LogP contribution in [0, 0.1) is 0 Å². The van der Waals surface area contributed by atoms with Gasteiger partial charge >= 0.3 is 12.5 Å². The number of carbonyl (C=O) groups is 2. The third-order valence-corrected chi connectivity index (χ3v) is 2.47. The Balaban J connectivity index is 2.67. The summed E-state index contributed by atoms with van der Waals surface area (Å²) in [5, 5.41) is 2.29. The standard InChI is InChI=1S/C11H15N2O4/c1-2-7-17-11(16)13-6-4-3-5-9(10(13)15)12-8-14/h2,9H,1,3-7H2,(H,12,14)/t9-/m0/s1. The van der Waals surface area contributed by atoms with E-state index < -0.39 is 18.0 Å². The first-order chi connectivity index (χ1) is 8.20. The zero-order valence-corrected chi connectivity index (χ0v) is 9.48. The summed E-state index contributed by atoms with van der Waals surface area (Å²) >= 11 is 0. The average Bonchev–Trinajstić information content (AvgIpc) is 2.50. The highest BCUT2D eigenvalue weighted by Gasteiger charge is 2.31. The Morgan fingerprint density at radius 2 is 2.41 bits per heavy atom. The second kappa shape index (κ2) is 6.67. The van der Waals surface area contributed by atoms with E-state index in [0.29, 0.717) is 19.4 Å². The predicted octanol–water partition coefficient (Wildman–Crippen LogP) is 0.347. The molecule has 93 valence electrons. The molecular weight excluding hydrogens is 224 g/mol. The van der Waals surface area contributed by atoms with E-state index in [1.54, 1.807) is 0 Å². The first-order valence-corrected chi connectivity index (χ1v) is 5.42. The summed E-state index contributed by atoms with van der Waals surface area (Å²) in [6.45, 7) is 3.78. The zero-order chi connectivity index (χ0) is 12.7. The Morgan fingerprint density at radius 3 is 3.06 bits per heavy atom. The minimum absolute atomic E-state index is 0.0561. The Morgan fingerprint density at radius 1 is 1.65 bits per heavy atom. The first kappa shape index (κ1) is 13.2. The smallest absolute Gasteiger partial charge is 0.416 e. The summed E-state index contributed by atoms with van der Waals surface area (Å²) in [4.78, 5) is 34.7. The van der Waals surface area contributed by atoms with Crippen LogP contribution in [0.1, 0.15) is 19.3 Å². The van der Waals surface area contributed by atoms with E-state index in [0.717, 1.165) is 11.3 Å². The van der Waals surface area contributed by atoms with Gasteiger partial charge in [0.1, 0.15) is 12.6 Å². The minimum Gasteiger partial charge on any atom is -0.445 e. The molecule has 1 saturated heterocycles. The lowest BCUT2D eigenvalue weighted by atomic mass is 10.1. The van der Waals surface area contributed by atoms with Crippen LogP contribution in [0.25, 0.3) is 0 Å². The summed E-state index contributed by atoms with van der Waals surface area (Å²) in [5.74, 6) is -0.445. The molecule has 0 spiro atoms. The molecular formula is C11H15N2O4. The van der Waals surface area contributed by atoms with Crippen LogP contribution in [-0.2, 0) is 14.3 Å². The molecule has 0 aromatic rings. The number of hydrogen-bond donors (Lipinski definition) is 1. The second-order valence-electron chi connectivity index (χ2n) is 3.65. The van der Waals surface area contributed by atoms with Crippen LogP contribution in [0.15, 0.2) is 12.7 Å². The van der Waals surface area contributed by atoms with Crippen molar-refractivity contribution in [1.82, 2.24) is 10.2 Å². The fraction of sp³-hybridized carbons (Fsp3) is 0.545. The Bertz CT molecular complexity index is 317. The van der Waals surface area contributed by atoms with Gasteiger partial charge in [0.15, 0.2) is 0 Å². The highest BCUT2D eigenvalue weighted by molar-refractivity contribution is 5.96. The molecule has 3 amide bonds. The first-order valence-electron chi connectivity index (χ1n) is 5.42. The Hall–Kier alpha value is -1.85. The summed E-state index contributed by atoms with van der Waals surface area (Å²) in [6.07, 6.45) is 4.18. The van der Waals surface area contributed by atoms with Crippen molar-refractivity contribution in [2.45, 2.75) is 25.3 Å². The van der Waals surface area contributed by atoms with Gasteiger partial charge in [0, 0.05) is 6.54 Å². The molecule has 0 aromatic heterocycles. The third kappa shape index (κ3) is 3.58. The largest absolute Gasteiger partial charge is 0.445 e. The minimum atomic E-state index is -0.700. The van der Waals surface area contributed by atoms with Crippen molar-refractivity contribution in [3.05, 3.63) is 12.7 Å². The van der Waals surface area contributed by atoms with Crippen LogP contribution in [0.3, 0.4) is 0 Å². The highest BCUT2D eigenvalue weighted by Crippen LogP contribution is 2.13. The summed E-state index contributed by atoms with van der Waals surface area (Å²) in [5.41, 5.74) is 0. The number of rotatable bonds is 4. The zero-order valence-electron chi connectivity index (χ0n) is 9.48. The van der Waals surface area contributed by atoms with Crippen LogP contribution in [0.2, 0.25) is 0 Å². The number of nitrogens with one attached hydrogen (secondary N) is 1. The quantitative estimate of drug-likeness (QED) is 0.567. The maximum absolute atomic E-state index is 11.9. The number of imide groups is 1. The van der Waals surface area contributed by atoms with Gasteiger partial charge < -0.3 is 10.1 Å². The fourth-order valence-corrected chi connectivity index (χ4v) is 1.63. The molecule has 1 aliphatic heterocycles. The number of nitrogens with zero attached hydrogens (tertiary/aromatic N) is 1. The third-order valence-electron chi connectivity index (χ3n) is 2.47. The summed E-state index contributed by atoms with van der Waals surface area (Å²) in [7, 11) is 0. The van der Waals surface area contributed by atoms with Gasteiger partial charge in [0.05, 0.1) is 0 Å². The van der Waals surface area contributed by atoms with Crippen molar-refractivity contribution in [3.63, 3.8) is 0 Å². The number of likely N-dealkylation sites (tertiary alicyclic amines) is 1. The molecule has 1 heterocycles. The lowest BCUT2D eigenvalue weighted by Crippen LogP contribution is -2.47. The maximum atomic E-state index is 11.9. The molecule has 1 rings (SSSR count). The van der Waals surface area contributed by atoms with Gasteiger partial charge in [-0.05, 0) is 19.3 Å². The SMILES string of the molecule is C=CCOC(=O)N1CCCC[C@H](N[C]=O)C1=O. The van der Waals surface area contributed by atoms with E-state index in [1.165, 1.54) is 12.5 Å². The number of hydrogen-bond acceptors (Lipinski definition) is 4. The van der Waals surface area contributed by atoms with E-state index in [4.69, 9.17) is 4.74 Å². The molecule has 0 saturated carbocycles.